The molecule has 4 amide bonds. The van der Waals surface area contributed by atoms with Crippen LogP contribution in [0.25, 0.3) is 0 Å². The number of rotatable bonds is 9. The second-order valence-corrected chi connectivity index (χ2v) is 14.5. The molecule has 54 heavy (non-hydrogen) atoms. The summed E-state index contributed by atoms with van der Waals surface area (Å²) in [6.07, 6.45) is -2.79. The van der Waals surface area contributed by atoms with Crippen LogP contribution in [0, 0.1) is 23.7 Å². The number of nitrogens with one attached hydrogen (secondary N) is 1. The first-order chi connectivity index (χ1) is 25.6. The van der Waals surface area contributed by atoms with Crippen LogP contribution in [0.1, 0.15) is 48.3 Å². The minimum Gasteiger partial charge on any atom is -0.508 e. The van der Waals surface area contributed by atoms with Gasteiger partial charge in [-0.25, -0.2) is 4.98 Å². The van der Waals surface area contributed by atoms with Crippen LogP contribution in [0.5, 0.6) is 11.5 Å². The molecule has 6 atom stereocenters. The minimum atomic E-state index is -4.78. The topological polar surface area (TPSA) is 166 Å². The van der Waals surface area contributed by atoms with Gasteiger partial charge in [-0.1, -0.05) is 47.0 Å². The van der Waals surface area contributed by atoms with E-state index in [9.17, 15) is 37.5 Å². The minimum absolute atomic E-state index is 0.0357. The second kappa shape index (κ2) is 13.6. The Morgan fingerprint density at radius 2 is 1.76 bits per heavy atom. The number of aliphatic carboxylic acids is 1. The first-order valence-corrected chi connectivity index (χ1v) is 17.6. The number of hydrogen-bond donors (Lipinski definition) is 3. The number of carboxylic acids is 1. The third-order valence-electron chi connectivity index (χ3n) is 11.0. The number of aromatic hydroxyl groups is 1. The van der Waals surface area contributed by atoms with Gasteiger partial charge in [-0.15, -0.1) is 0 Å². The highest BCUT2D eigenvalue weighted by atomic mass is 35.5. The van der Waals surface area contributed by atoms with E-state index in [1.165, 1.54) is 37.4 Å². The number of amides is 4. The Kier molecular flexibility index (Phi) is 9.37. The van der Waals surface area contributed by atoms with E-state index in [1.54, 1.807) is 18.2 Å². The number of nitrogens with zero attached hydrogens (tertiary/aromatic N) is 3. The normalized spacial score (nSPS) is 26.3. The molecule has 2 aliphatic carbocycles. The molecule has 12 nitrogen and oxygen atoms in total. The first-order valence-electron chi connectivity index (χ1n) is 16.9. The van der Waals surface area contributed by atoms with Crippen molar-refractivity contribution in [2.24, 2.45) is 23.7 Å². The van der Waals surface area contributed by atoms with Crippen molar-refractivity contribution < 1.29 is 52.1 Å². The van der Waals surface area contributed by atoms with E-state index in [1.807, 2.05) is 0 Å². The van der Waals surface area contributed by atoms with Crippen molar-refractivity contribution in [1.82, 2.24) is 14.9 Å². The average molecular weight is 788 g/mol. The molecular weight excluding hydrogens is 756 g/mol. The number of benzene rings is 2. The Labute approximate surface area is 315 Å². The van der Waals surface area contributed by atoms with Crippen molar-refractivity contribution in [1.29, 1.82) is 0 Å². The SMILES string of the molecule is COc1ccc(O)c([C@H]2C3=CC[C@@H]4C(=O)N(CCCC(=O)O)C(=O)[C@@H]4[C@@H]3C[C@H]3C(=O)N(Nc4ncc(C(F)(F)F)cc4Cl)C(=O)[C@@]23c2ccc(Cl)cc2)c1. The number of phenolic OH excluding ortho intramolecular Hbond substituents is 1. The van der Waals surface area contributed by atoms with Gasteiger partial charge in [0.15, 0.2) is 5.82 Å². The lowest BCUT2D eigenvalue weighted by Gasteiger charge is -2.50. The molecule has 0 unspecified atom stereocenters. The van der Waals surface area contributed by atoms with E-state index in [0.29, 0.717) is 39.2 Å². The predicted molar refractivity (Wildman–Crippen MR) is 185 cm³/mol. The van der Waals surface area contributed by atoms with Crippen LogP contribution in [0.3, 0.4) is 0 Å². The summed E-state index contributed by atoms with van der Waals surface area (Å²) in [5.74, 6) is -9.21. The summed E-state index contributed by atoms with van der Waals surface area (Å²) in [4.78, 5) is 73.8. The van der Waals surface area contributed by atoms with Crippen LogP contribution in [0.2, 0.25) is 10.0 Å². The zero-order valence-corrected chi connectivity index (χ0v) is 29.8. The number of phenols is 1. The summed E-state index contributed by atoms with van der Waals surface area (Å²) in [5.41, 5.74) is 0.527. The maximum absolute atomic E-state index is 15.2. The number of aromatic nitrogens is 1. The van der Waals surface area contributed by atoms with E-state index in [4.69, 9.17) is 33.0 Å². The van der Waals surface area contributed by atoms with Crippen LogP contribution in [0.4, 0.5) is 19.0 Å². The highest BCUT2D eigenvalue weighted by Crippen LogP contribution is 2.65. The van der Waals surface area contributed by atoms with Crippen LogP contribution in [0.15, 0.2) is 66.4 Å². The number of hydrazine groups is 1. The molecule has 3 heterocycles. The molecule has 0 radical (unpaired) electrons. The van der Waals surface area contributed by atoms with Crippen LogP contribution in [-0.2, 0) is 35.6 Å². The Bertz CT molecular complexity index is 2130. The molecule has 3 N–H and O–H groups in total. The first kappa shape index (κ1) is 37.2. The summed E-state index contributed by atoms with van der Waals surface area (Å²) in [6.45, 7) is -0.118. The number of alkyl halides is 3. The van der Waals surface area contributed by atoms with Gasteiger partial charge < -0.3 is 14.9 Å². The molecule has 0 bridgehead atoms. The molecule has 1 aromatic heterocycles. The van der Waals surface area contributed by atoms with Crippen molar-refractivity contribution in [2.45, 2.75) is 43.2 Å². The number of allylic oxidation sites excluding steroid dienone is 2. The van der Waals surface area contributed by atoms with Gasteiger partial charge in [0.05, 0.1) is 40.9 Å². The van der Waals surface area contributed by atoms with Crippen LogP contribution >= 0.6 is 23.2 Å². The van der Waals surface area contributed by atoms with Crippen LogP contribution < -0.4 is 10.2 Å². The van der Waals surface area contributed by atoms with Crippen molar-refractivity contribution >= 4 is 58.6 Å². The fourth-order valence-corrected chi connectivity index (χ4v) is 9.03. The van der Waals surface area contributed by atoms with Crippen molar-refractivity contribution in [3.63, 3.8) is 0 Å². The van der Waals surface area contributed by atoms with E-state index < -0.39 is 87.2 Å². The summed E-state index contributed by atoms with van der Waals surface area (Å²) in [6, 6.07) is 11.2. The molecule has 1 saturated carbocycles. The number of carboxylic acid groups (broad SMARTS) is 1. The number of fused-ring (bicyclic) bond motifs is 4. The predicted octanol–water partition coefficient (Wildman–Crippen LogP) is 5.97. The van der Waals surface area contributed by atoms with Gasteiger partial charge in [0.1, 0.15) is 11.5 Å². The molecule has 2 saturated heterocycles. The van der Waals surface area contributed by atoms with Gasteiger partial charge in [0.2, 0.25) is 11.8 Å². The molecule has 2 aromatic carbocycles. The van der Waals surface area contributed by atoms with Crippen LogP contribution in [-0.4, -0.2) is 68.4 Å². The van der Waals surface area contributed by atoms with E-state index in [2.05, 4.69) is 10.4 Å². The standard InChI is InChI=1S/C37H31Cl2F3N4O8/c1-54-20-8-11-27(47)24(14-20)30-21-9-10-22-29(34(52)45(32(22)50)12-2-3-28(48)49)23(21)15-25-33(51)46(35(53)36(25,30)17-4-6-19(38)7-5-17)44-31-26(39)13-18(16-43-31)37(40,41)42/h4-9,11,13-14,16,22-23,25,29-30,47H,2-3,10,12,15H2,1H3,(H,43,44)(H,48,49)/t22-,23+,25-,29-,30+,36+/m0/s1. The van der Waals surface area contributed by atoms with Gasteiger partial charge in [0.25, 0.3) is 11.8 Å². The Hall–Kier alpha value is -5.15. The number of ether oxygens (including phenoxy) is 1. The molecule has 2 aliphatic heterocycles. The van der Waals surface area contributed by atoms with E-state index >= 15 is 4.79 Å². The monoisotopic (exact) mass is 786 g/mol. The molecule has 3 fully saturated rings. The van der Waals surface area contributed by atoms with Gasteiger partial charge in [-0.3, -0.25) is 34.3 Å². The lowest BCUT2D eigenvalue weighted by Crippen LogP contribution is -2.53. The van der Waals surface area contributed by atoms with E-state index in [0.717, 1.165) is 4.90 Å². The number of carbonyl (C=O) groups is 5. The Morgan fingerprint density at radius 3 is 2.41 bits per heavy atom. The molecule has 3 aromatic rings. The van der Waals surface area contributed by atoms with Crippen molar-refractivity contribution in [3.05, 3.63) is 93.1 Å². The smallest absolute Gasteiger partial charge is 0.417 e. The zero-order chi connectivity index (χ0) is 38.9. The largest absolute Gasteiger partial charge is 0.508 e. The Morgan fingerprint density at radius 1 is 1.04 bits per heavy atom. The lowest BCUT2D eigenvalue weighted by molar-refractivity contribution is -0.142. The highest BCUT2D eigenvalue weighted by molar-refractivity contribution is 6.33. The highest BCUT2D eigenvalue weighted by Gasteiger charge is 2.70. The number of methoxy groups -OCH3 is 1. The van der Waals surface area contributed by atoms with Gasteiger partial charge in [-0.2, -0.15) is 18.2 Å². The van der Waals surface area contributed by atoms with Gasteiger partial charge >= 0.3 is 12.1 Å². The lowest BCUT2D eigenvalue weighted by atomic mass is 9.49. The Balaban J connectivity index is 1.41. The summed E-state index contributed by atoms with van der Waals surface area (Å²) in [5, 5.41) is 21.1. The molecule has 0 spiro atoms. The number of carbonyl (C=O) groups excluding carboxylic acids is 4. The number of anilines is 1. The third-order valence-corrected chi connectivity index (χ3v) is 11.5. The fraction of sp³-hybridized carbons (Fsp3) is 0.351. The number of likely N-dealkylation sites (tertiary alicyclic amines) is 1. The number of pyridine rings is 1. The van der Waals surface area contributed by atoms with Gasteiger partial charge in [-0.05, 0) is 67.1 Å². The number of hydrogen-bond acceptors (Lipinski definition) is 9. The molecule has 4 aliphatic rings. The van der Waals surface area contributed by atoms with Crippen molar-refractivity contribution in [3.8, 4) is 11.5 Å². The van der Waals surface area contributed by atoms with Crippen molar-refractivity contribution in [2.75, 3.05) is 19.1 Å². The molecule has 7 rings (SSSR count). The fourth-order valence-electron chi connectivity index (χ4n) is 8.69. The number of imide groups is 2. The maximum atomic E-state index is 15.2. The van der Waals surface area contributed by atoms with E-state index in [-0.39, 0.29) is 43.5 Å². The quantitative estimate of drug-likeness (QED) is 0.174. The molecule has 282 valence electrons. The molecule has 17 heteroatoms. The average Bonchev–Trinajstić information content (AvgIpc) is 3.49. The summed E-state index contributed by atoms with van der Waals surface area (Å²) >= 11 is 12.5. The van der Waals surface area contributed by atoms with Gasteiger partial charge in [0, 0.05) is 35.7 Å². The third kappa shape index (κ3) is 5.84. The summed E-state index contributed by atoms with van der Waals surface area (Å²) < 4.78 is 45.8. The summed E-state index contributed by atoms with van der Waals surface area (Å²) in [7, 11) is 1.40. The molecular formula is C37H31Cl2F3N4O8. The maximum Gasteiger partial charge on any atom is 0.417 e. The second-order valence-electron chi connectivity index (χ2n) is 13.7. The number of halogens is 5. The zero-order valence-electron chi connectivity index (χ0n) is 28.3.